The Kier molecular flexibility index (Phi) is 8.17. The summed E-state index contributed by atoms with van der Waals surface area (Å²) >= 11 is 1.36. The van der Waals surface area contributed by atoms with Gasteiger partial charge in [-0.3, -0.25) is 19.7 Å². The third-order valence-electron chi connectivity index (χ3n) is 5.40. The Morgan fingerprint density at radius 2 is 1.41 bits per heavy atom. The van der Waals surface area contributed by atoms with Gasteiger partial charge in [-0.25, -0.2) is 0 Å². The molecule has 0 radical (unpaired) electrons. The number of thioether (sulfide) groups is 1. The van der Waals surface area contributed by atoms with Crippen molar-refractivity contribution in [2.75, 3.05) is 17.7 Å². The Morgan fingerprint density at radius 3 is 2.00 bits per heavy atom. The van der Waals surface area contributed by atoms with E-state index < -0.39 is 10.2 Å². The molecule has 186 valence electrons. The number of nitrogens with zero attached hydrogens (tertiary/aromatic N) is 1. The topological polar surface area (TPSA) is 111 Å². The molecule has 0 saturated carbocycles. The number of hydrogen-bond donors (Lipinski definition) is 2. The van der Waals surface area contributed by atoms with Crippen LogP contribution in [0.1, 0.15) is 21.2 Å². The minimum Gasteiger partial charge on any atom is -0.497 e. The van der Waals surface area contributed by atoms with Gasteiger partial charge in [0.2, 0.25) is 5.91 Å². The molecular weight excluding hydrogens is 490 g/mol. The van der Waals surface area contributed by atoms with Crippen LogP contribution in [0.15, 0.2) is 108 Å². The maximum absolute atomic E-state index is 13.2. The van der Waals surface area contributed by atoms with Crippen molar-refractivity contribution in [3.05, 3.63) is 124 Å². The zero-order valence-corrected chi connectivity index (χ0v) is 20.6. The molecular formula is C28H23N3O5S. The van der Waals surface area contributed by atoms with Gasteiger partial charge in [0.15, 0.2) is 0 Å². The SMILES string of the molecule is COc1ccc(C(=O)Nc2ccc(SC(C(=O)Nc3ccc([N+](=O)[O-])cc3)c3ccccc3)cc2)cc1. The standard InChI is InChI=1S/C28H23N3O5S/c1-36-24-15-7-20(8-16-24)27(32)29-22-11-17-25(18-12-22)37-26(19-5-3-2-4-6-19)28(33)30-21-9-13-23(14-10-21)31(34)35/h2-18,26H,1H3,(H,29,32)(H,30,33). The molecule has 9 heteroatoms. The number of anilines is 2. The van der Waals surface area contributed by atoms with Crippen LogP contribution in [0, 0.1) is 10.1 Å². The summed E-state index contributed by atoms with van der Waals surface area (Å²) in [5.74, 6) is 0.165. The lowest BCUT2D eigenvalue weighted by Gasteiger charge is -2.17. The van der Waals surface area contributed by atoms with Crippen LogP contribution in [-0.4, -0.2) is 23.8 Å². The normalized spacial score (nSPS) is 11.3. The average molecular weight is 514 g/mol. The van der Waals surface area contributed by atoms with Crippen LogP contribution in [0.3, 0.4) is 0 Å². The molecule has 8 nitrogen and oxygen atoms in total. The van der Waals surface area contributed by atoms with Gasteiger partial charge in [-0.2, -0.15) is 0 Å². The maximum atomic E-state index is 13.2. The Morgan fingerprint density at radius 1 is 0.811 bits per heavy atom. The van der Waals surface area contributed by atoms with E-state index in [0.29, 0.717) is 22.7 Å². The van der Waals surface area contributed by atoms with E-state index in [1.807, 2.05) is 42.5 Å². The van der Waals surface area contributed by atoms with E-state index in [1.165, 1.54) is 36.0 Å². The van der Waals surface area contributed by atoms with Gasteiger partial charge in [-0.1, -0.05) is 30.3 Å². The minimum absolute atomic E-state index is 0.0499. The van der Waals surface area contributed by atoms with Crippen LogP contribution in [0.4, 0.5) is 17.1 Å². The van der Waals surface area contributed by atoms with Crippen molar-refractivity contribution < 1.29 is 19.2 Å². The molecule has 0 bridgehead atoms. The van der Waals surface area contributed by atoms with Crippen LogP contribution < -0.4 is 15.4 Å². The molecule has 0 aliphatic rings. The van der Waals surface area contributed by atoms with Crippen molar-refractivity contribution in [1.82, 2.24) is 0 Å². The number of amides is 2. The number of nitro benzene ring substituents is 1. The molecule has 1 atom stereocenters. The van der Waals surface area contributed by atoms with Crippen LogP contribution in [0.5, 0.6) is 5.75 Å². The van der Waals surface area contributed by atoms with Gasteiger partial charge in [-0.15, -0.1) is 11.8 Å². The zero-order chi connectivity index (χ0) is 26.2. The molecule has 0 saturated heterocycles. The van der Waals surface area contributed by atoms with Gasteiger partial charge < -0.3 is 15.4 Å². The predicted octanol–water partition coefficient (Wildman–Crippen LogP) is 6.33. The second kappa shape index (κ2) is 11.9. The summed E-state index contributed by atoms with van der Waals surface area (Å²) in [5, 5.41) is 16.0. The number of benzene rings is 4. The number of hydrogen-bond acceptors (Lipinski definition) is 6. The summed E-state index contributed by atoms with van der Waals surface area (Å²) in [6.45, 7) is 0. The van der Waals surface area contributed by atoms with Crippen molar-refractivity contribution >= 4 is 40.6 Å². The second-order valence-electron chi connectivity index (χ2n) is 7.91. The Hall–Kier alpha value is -4.63. The van der Waals surface area contributed by atoms with Crippen molar-refractivity contribution in [2.24, 2.45) is 0 Å². The number of non-ortho nitro benzene ring substituents is 1. The Labute approximate surface area is 217 Å². The molecule has 2 amide bonds. The van der Waals surface area contributed by atoms with Crippen LogP contribution in [0.2, 0.25) is 0 Å². The first kappa shape index (κ1) is 25.5. The smallest absolute Gasteiger partial charge is 0.269 e. The van der Waals surface area contributed by atoms with Crippen molar-refractivity contribution in [3.8, 4) is 5.75 Å². The summed E-state index contributed by atoms with van der Waals surface area (Å²) in [6.07, 6.45) is 0. The molecule has 2 N–H and O–H groups in total. The summed E-state index contributed by atoms with van der Waals surface area (Å²) in [5.41, 5.74) is 2.35. The fraction of sp³-hybridized carbons (Fsp3) is 0.0714. The fourth-order valence-corrected chi connectivity index (χ4v) is 4.50. The molecule has 4 rings (SSSR count). The van der Waals surface area contributed by atoms with E-state index in [9.17, 15) is 19.7 Å². The van der Waals surface area contributed by atoms with E-state index in [1.54, 1.807) is 43.5 Å². The third kappa shape index (κ3) is 6.74. The van der Waals surface area contributed by atoms with Gasteiger partial charge in [0.05, 0.1) is 12.0 Å². The molecule has 1 unspecified atom stereocenters. The van der Waals surface area contributed by atoms with E-state index >= 15 is 0 Å². The summed E-state index contributed by atoms with van der Waals surface area (Å²) in [4.78, 5) is 37.0. The monoisotopic (exact) mass is 513 g/mol. The molecule has 0 fully saturated rings. The molecule has 0 aromatic heterocycles. The van der Waals surface area contributed by atoms with Gasteiger partial charge in [0.1, 0.15) is 11.0 Å². The quantitative estimate of drug-likeness (QED) is 0.154. The largest absolute Gasteiger partial charge is 0.497 e. The highest BCUT2D eigenvalue weighted by molar-refractivity contribution is 8.00. The average Bonchev–Trinajstić information content (AvgIpc) is 2.93. The zero-order valence-electron chi connectivity index (χ0n) is 19.8. The van der Waals surface area contributed by atoms with Gasteiger partial charge in [0, 0.05) is 34.0 Å². The van der Waals surface area contributed by atoms with E-state index in [-0.39, 0.29) is 17.5 Å². The molecule has 37 heavy (non-hydrogen) atoms. The van der Waals surface area contributed by atoms with E-state index in [2.05, 4.69) is 10.6 Å². The Balaban J connectivity index is 1.46. The maximum Gasteiger partial charge on any atom is 0.269 e. The fourth-order valence-electron chi connectivity index (χ4n) is 3.47. The molecule has 0 spiro atoms. The van der Waals surface area contributed by atoms with Gasteiger partial charge in [0.25, 0.3) is 11.6 Å². The first-order valence-electron chi connectivity index (χ1n) is 11.3. The van der Waals surface area contributed by atoms with Crippen LogP contribution in [0.25, 0.3) is 0 Å². The third-order valence-corrected chi connectivity index (χ3v) is 6.67. The molecule has 0 heterocycles. The highest BCUT2D eigenvalue weighted by Crippen LogP contribution is 2.37. The van der Waals surface area contributed by atoms with E-state index in [0.717, 1.165) is 10.5 Å². The van der Waals surface area contributed by atoms with Crippen molar-refractivity contribution in [1.29, 1.82) is 0 Å². The number of ether oxygens (including phenoxy) is 1. The molecule has 0 aliphatic carbocycles. The van der Waals surface area contributed by atoms with Crippen LogP contribution >= 0.6 is 11.8 Å². The Bertz CT molecular complexity index is 1380. The molecule has 0 aliphatic heterocycles. The number of nitrogens with one attached hydrogen (secondary N) is 2. The van der Waals surface area contributed by atoms with E-state index in [4.69, 9.17) is 4.74 Å². The number of carbonyl (C=O) groups excluding carboxylic acids is 2. The molecule has 4 aromatic carbocycles. The van der Waals surface area contributed by atoms with Gasteiger partial charge >= 0.3 is 0 Å². The number of nitro groups is 1. The molecule has 4 aromatic rings. The lowest BCUT2D eigenvalue weighted by molar-refractivity contribution is -0.384. The van der Waals surface area contributed by atoms with Crippen LogP contribution in [-0.2, 0) is 4.79 Å². The first-order valence-corrected chi connectivity index (χ1v) is 12.1. The second-order valence-corrected chi connectivity index (χ2v) is 9.09. The van der Waals surface area contributed by atoms with Gasteiger partial charge in [-0.05, 0) is 66.2 Å². The minimum atomic E-state index is -0.573. The highest BCUT2D eigenvalue weighted by Gasteiger charge is 2.22. The predicted molar refractivity (Wildman–Crippen MR) is 144 cm³/mol. The summed E-state index contributed by atoms with van der Waals surface area (Å²) in [7, 11) is 1.57. The lowest BCUT2D eigenvalue weighted by atomic mass is 10.1. The number of rotatable bonds is 9. The van der Waals surface area contributed by atoms with Crippen molar-refractivity contribution in [3.63, 3.8) is 0 Å². The lowest BCUT2D eigenvalue weighted by Crippen LogP contribution is -2.19. The first-order chi connectivity index (χ1) is 17.9. The summed E-state index contributed by atoms with van der Waals surface area (Å²) < 4.78 is 5.12. The highest BCUT2D eigenvalue weighted by atomic mass is 32.2. The summed E-state index contributed by atoms with van der Waals surface area (Å²) in [6, 6.07) is 29.1. The number of methoxy groups -OCH3 is 1. The number of carbonyl (C=O) groups is 2. The van der Waals surface area contributed by atoms with Crippen molar-refractivity contribution in [2.45, 2.75) is 10.1 Å².